The zero-order valence-corrected chi connectivity index (χ0v) is 15.7. The van der Waals surface area contributed by atoms with Crippen molar-refractivity contribution in [3.63, 3.8) is 0 Å². The molecule has 2 aliphatic rings. The number of primary sulfonamides is 1. The third kappa shape index (κ3) is 3.16. The van der Waals surface area contributed by atoms with Gasteiger partial charge in [0.05, 0.1) is 23.0 Å². The molecule has 0 radical (unpaired) electrons. The van der Waals surface area contributed by atoms with Crippen LogP contribution in [0.3, 0.4) is 0 Å². The maximum atomic E-state index is 13.0. The van der Waals surface area contributed by atoms with Gasteiger partial charge in [0.25, 0.3) is 5.91 Å². The van der Waals surface area contributed by atoms with Crippen LogP contribution in [-0.4, -0.2) is 63.8 Å². The van der Waals surface area contributed by atoms with E-state index in [1.165, 1.54) is 25.3 Å². The standard InChI is InChI=1S/C17H23N3O5S/c1-19-8-3-6-17(16(19)22)7-9-20(11-17)15(21)13-10-12(26(18,23)24)4-5-14(13)25-2/h4-5,10H,3,6-9,11H2,1-2H3,(H2,18,23,24)/t17-/m0/s1. The molecule has 26 heavy (non-hydrogen) atoms. The third-order valence-electron chi connectivity index (χ3n) is 5.32. The number of sulfonamides is 1. The number of rotatable bonds is 3. The Morgan fingerprint density at radius 2 is 2.00 bits per heavy atom. The lowest BCUT2D eigenvalue weighted by molar-refractivity contribution is -0.143. The monoisotopic (exact) mass is 381 g/mol. The fourth-order valence-corrected chi connectivity index (χ4v) is 4.43. The minimum Gasteiger partial charge on any atom is -0.496 e. The van der Waals surface area contributed by atoms with Crippen molar-refractivity contribution in [1.29, 1.82) is 0 Å². The molecule has 0 saturated carbocycles. The summed E-state index contributed by atoms with van der Waals surface area (Å²) >= 11 is 0. The maximum Gasteiger partial charge on any atom is 0.257 e. The van der Waals surface area contributed by atoms with Gasteiger partial charge in [-0.2, -0.15) is 0 Å². The molecule has 0 unspecified atom stereocenters. The Morgan fingerprint density at radius 3 is 2.65 bits per heavy atom. The van der Waals surface area contributed by atoms with Crippen molar-refractivity contribution in [2.24, 2.45) is 10.6 Å². The molecule has 0 aliphatic carbocycles. The first-order valence-corrected chi connectivity index (χ1v) is 9.98. The van der Waals surface area contributed by atoms with Crippen LogP contribution in [0.1, 0.15) is 29.6 Å². The summed E-state index contributed by atoms with van der Waals surface area (Å²) in [5.74, 6) is -0.00927. The van der Waals surface area contributed by atoms with Gasteiger partial charge in [0.15, 0.2) is 0 Å². The zero-order valence-electron chi connectivity index (χ0n) is 14.9. The molecule has 0 aromatic heterocycles. The summed E-state index contributed by atoms with van der Waals surface area (Å²) in [6, 6.07) is 3.95. The summed E-state index contributed by atoms with van der Waals surface area (Å²) in [5, 5.41) is 5.17. The number of likely N-dealkylation sites (tertiary alicyclic amines) is 2. The van der Waals surface area contributed by atoms with E-state index in [-0.39, 0.29) is 28.0 Å². The van der Waals surface area contributed by atoms with E-state index in [2.05, 4.69) is 0 Å². The first kappa shape index (κ1) is 18.7. The Balaban J connectivity index is 1.90. The molecule has 2 heterocycles. The van der Waals surface area contributed by atoms with Crippen molar-refractivity contribution in [2.45, 2.75) is 24.2 Å². The van der Waals surface area contributed by atoms with Crippen LogP contribution >= 0.6 is 0 Å². The van der Waals surface area contributed by atoms with Gasteiger partial charge in [-0.25, -0.2) is 13.6 Å². The molecule has 8 nitrogen and oxygen atoms in total. The van der Waals surface area contributed by atoms with Crippen LogP contribution in [0.4, 0.5) is 0 Å². The lowest BCUT2D eigenvalue weighted by atomic mass is 9.78. The number of benzene rings is 1. The van der Waals surface area contributed by atoms with E-state index in [4.69, 9.17) is 9.88 Å². The highest BCUT2D eigenvalue weighted by Crippen LogP contribution is 2.40. The van der Waals surface area contributed by atoms with Gasteiger partial charge in [-0.15, -0.1) is 0 Å². The second kappa shape index (κ2) is 6.55. The Bertz CT molecular complexity index is 854. The van der Waals surface area contributed by atoms with Gasteiger partial charge in [-0.05, 0) is 37.5 Å². The summed E-state index contributed by atoms with van der Waals surface area (Å²) in [5.41, 5.74) is -0.402. The Kier molecular flexibility index (Phi) is 4.70. The molecule has 1 atom stereocenters. The SMILES string of the molecule is COc1ccc(S(N)(=O)=O)cc1C(=O)N1CC[C@@]2(CCCN(C)C2=O)C1. The number of methoxy groups -OCH3 is 1. The van der Waals surface area contributed by atoms with Gasteiger partial charge in [0.1, 0.15) is 5.75 Å². The Morgan fingerprint density at radius 1 is 1.27 bits per heavy atom. The minimum absolute atomic E-state index is 0.0734. The number of carbonyl (C=O) groups excluding carboxylic acids is 2. The fourth-order valence-electron chi connectivity index (χ4n) is 3.89. The second-order valence-corrected chi connectivity index (χ2v) is 8.56. The summed E-state index contributed by atoms with van der Waals surface area (Å²) in [6.07, 6.45) is 2.28. The molecule has 9 heteroatoms. The molecule has 0 bridgehead atoms. The van der Waals surface area contributed by atoms with Gasteiger partial charge in [-0.1, -0.05) is 0 Å². The lowest BCUT2D eigenvalue weighted by Crippen LogP contribution is -2.48. The van der Waals surface area contributed by atoms with Crippen LogP contribution in [-0.2, 0) is 14.8 Å². The summed E-state index contributed by atoms with van der Waals surface area (Å²) < 4.78 is 28.4. The molecular weight excluding hydrogens is 358 g/mol. The summed E-state index contributed by atoms with van der Waals surface area (Å²) in [6.45, 7) is 1.51. The number of amides is 2. The van der Waals surface area contributed by atoms with Crippen molar-refractivity contribution < 1.29 is 22.7 Å². The summed E-state index contributed by atoms with van der Waals surface area (Å²) in [7, 11) is -0.743. The van der Waals surface area contributed by atoms with Crippen LogP contribution in [0, 0.1) is 5.41 Å². The fraction of sp³-hybridized carbons (Fsp3) is 0.529. The smallest absolute Gasteiger partial charge is 0.257 e. The Hall–Kier alpha value is -2.13. The quantitative estimate of drug-likeness (QED) is 0.816. The van der Waals surface area contributed by atoms with E-state index >= 15 is 0 Å². The predicted molar refractivity (Wildman–Crippen MR) is 94.2 cm³/mol. The molecule has 2 amide bonds. The van der Waals surface area contributed by atoms with Crippen LogP contribution in [0.5, 0.6) is 5.75 Å². The molecule has 2 fully saturated rings. The van der Waals surface area contributed by atoms with E-state index in [1.54, 1.807) is 16.8 Å². The number of carbonyl (C=O) groups is 2. The lowest BCUT2D eigenvalue weighted by Gasteiger charge is -2.37. The number of nitrogens with zero attached hydrogens (tertiary/aromatic N) is 2. The van der Waals surface area contributed by atoms with E-state index in [0.29, 0.717) is 19.5 Å². The molecule has 142 valence electrons. The van der Waals surface area contributed by atoms with Crippen molar-refractivity contribution in [1.82, 2.24) is 9.80 Å². The largest absolute Gasteiger partial charge is 0.496 e. The first-order chi connectivity index (χ1) is 12.2. The molecule has 3 rings (SSSR count). The van der Waals surface area contributed by atoms with Crippen molar-refractivity contribution in [2.75, 3.05) is 33.8 Å². The molecular formula is C17H23N3O5S. The second-order valence-electron chi connectivity index (χ2n) is 6.99. The normalized spacial score (nSPS) is 23.6. The van der Waals surface area contributed by atoms with Crippen LogP contribution < -0.4 is 9.88 Å². The van der Waals surface area contributed by atoms with Gasteiger partial charge >= 0.3 is 0 Å². The van der Waals surface area contributed by atoms with Crippen molar-refractivity contribution in [3.05, 3.63) is 23.8 Å². The van der Waals surface area contributed by atoms with E-state index in [0.717, 1.165) is 19.4 Å². The number of piperidine rings is 1. The highest BCUT2D eigenvalue weighted by Gasteiger charge is 2.48. The van der Waals surface area contributed by atoms with Gasteiger partial charge in [0.2, 0.25) is 15.9 Å². The minimum atomic E-state index is -3.94. The number of hydrogen-bond acceptors (Lipinski definition) is 5. The molecule has 1 aromatic carbocycles. The van der Waals surface area contributed by atoms with E-state index < -0.39 is 15.4 Å². The van der Waals surface area contributed by atoms with Gasteiger partial charge in [-0.3, -0.25) is 9.59 Å². The first-order valence-electron chi connectivity index (χ1n) is 8.44. The van der Waals surface area contributed by atoms with Crippen LogP contribution in [0.2, 0.25) is 0 Å². The van der Waals surface area contributed by atoms with Crippen molar-refractivity contribution >= 4 is 21.8 Å². The third-order valence-corrected chi connectivity index (χ3v) is 6.23. The molecule has 1 aromatic rings. The Labute approximate surface area is 152 Å². The summed E-state index contributed by atoms with van der Waals surface area (Å²) in [4.78, 5) is 28.8. The molecule has 1 spiro atoms. The predicted octanol–water partition coefficient (Wildman–Crippen LogP) is 0.427. The number of nitrogens with two attached hydrogens (primary N) is 1. The van der Waals surface area contributed by atoms with Gasteiger partial charge in [0, 0.05) is 26.7 Å². The topological polar surface area (TPSA) is 110 Å². The average Bonchev–Trinajstić information content (AvgIpc) is 3.03. The number of hydrogen-bond donors (Lipinski definition) is 1. The van der Waals surface area contributed by atoms with Gasteiger partial charge < -0.3 is 14.5 Å². The van der Waals surface area contributed by atoms with Crippen molar-refractivity contribution in [3.8, 4) is 5.75 Å². The zero-order chi connectivity index (χ0) is 19.1. The van der Waals surface area contributed by atoms with E-state index in [1.807, 2.05) is 0 Å². The van der Waals surface area contributed by atoms with Crippen LogP contribution in [0.25, 0.3) is 0 Å². The molecule has 2 N–H and O–H groups in total. The maximum absolute atomic E-state index is 13.0. The highest BCUT2D eigenvalue weighted by atomic mass is 32.2. The highest BCUT2D eigenvalue weighted by molar-refractivity contribution is 7.89. The number of ether oxygens (including phenoxy) is 1. The molecule has 2 aliphatic heterocycles. The van der Waals surface area contributed by atoms with E-state index in [9.17, 15) is 18.0 Å². The van der Waals surface area contributed by atoms with Crippen LogP contribution in [0.15, 0.2) is 23.1 Å². The average molecular weight is 381 g/mol. The molecule has 2 saturated heterocycles.